The zero-order valence-corrected chi connectivity index (χ0v) is 12.2. The van der Waals surface area contributed by atoms with Crippen LogP contribution in [0.15, 0.2) is 0 Å². The molecule has 0 saturated heterocycles. The van der Waals surface area contributed by atoms with E-state index >= 15 is 0 Å². The van der Waals surface area contributed by atoms with E-state index in [2.05, 4.69) is 27.7 Å². The Bertz CT molecular complexity index is 132. The van der Waals surface area contributed by atoms with Crippen LogP contribution in [0, 0.1) is 5.92 Å². The van der Waals surface area contributed by atoms with Crippen LogP contribution in [-0.2, 0) is 0 Å². The number of unbranched alkanes of at least 4 members (excludes halogenated alkanes) is 1. The van der Waals surface area contributed by atoms with Gasteiger partial charge in [0.25, 0.3) is 0 Å². The lowest BCUT2D eigenvalue weighted by molar-refractivity contribution is 0.486. The fourth-order valence-electron chi connectivity index (χ4n) is 2.00. The first-order valence-electron chi connectivity index (χ1n) is 6.30. The van der Waals surface area contributed by atoms with Gasteiger partial charge in [-0.15, -0.1) is 0 Å². The molecule has 2 heteroatoms. The first kappa shape index (κ1) is 14.5. The van der Waals surface area contributed by atoms with Gasteiger partial charge in [-0.05, 0) is 24.1 Å². The predicted molar refractivity (Wildman–Crippen MR) is 70.7 cm³/mol. The molecule has 0 nitrogen and oxygen atoms in total. The van der Waals surface area contributed by atoms with Crippen LogP contribution in [0.5, 0.6) is 0 Å². The lowest BCUT2D eigenvalue weighted by Crippen LogP contribution is -2.27. The van der Waals surface area contributed by atoms with E-state index in [1.54, 1.807) is 0 Å². The molecule has 0 bridgehead atoms. The summed E-state index contributed by atoms with van der Waals surface area (Å²) in [5.41, 5.74) is 0. The van der Waals surface area contributed by atoms with E-state index in [4.69, 9.17) is 11.1 Å². The third kappa shape index (κ3) is 5.40. The number of hydrogen-bond donors (Lipinski definition) is 0. The highest BCUT2D eigenvalue weighted by Gasteiger charge is 2.29. The molecule has 0 aromatic heterocycles. The molecular formula is C12H27ClSi. The Kier molecular flexibility index (Phi) is 8.03. The summed E-state index contributed by atoms with van der Waals surface area (Å²) in [6, 6.07) is 3.83. The molecular weight excluding hydrogens is 208 g/mol. The standard InChI is InChI=1S/C12H27ClSi/c1-5-9-10-12(6-2)11-14(13,7-3)8-4/h12H,5-11H2,1-4H3. The summed E-state index contributed by atoms with van der Waals surface area (Å²) >= 11 is 6.70. The Morgan fingerprint density at radius 1 is 1.07 bits per heavy atom. The molecule has 0 aromatic carbocycles. The average molecular weight is 235 g/mol. The van der Waals surface area contributed by atoms with Crippen LogP contribution in [-0.4, -0.2) is 7.38 Å². The van der Waals surface area contributed by atoms with Crippen molar-refractivity contribution < 1.29 is 0 Å². The lowest BCUT2D eigenvalue weighted by atomic mass is 10.0. The highest BCUT2D eigenvalue weighted by Crippen LogP contribution is 2.32. The zero-order valence-electron chi connectivity index (χ0n) is 10.4. The molecule has 0 radical (unpaired) electrons. The van der Waals surface area contributed by atoms with E-state index in [-0.39, 0.29) is 0 Å². The summed E-state index contributed by atoms with van der Waals surface area (Å²) in [6.07, 6.45) is 5.43. The summed E-state index contributed by atoms with van der Waals surface area (Å²) < 4.78 is 0. The van der Waals surface area contributed by atoms with E-state index in [1.165, 1.54) is 43.8 Å². The van der Waals surface area contributed by atoms with Crippen LogP contribution < -0.4 is 0 Å². The summed E-state index contributed by atoms with van der Waals surface area (Å²) in [5.74, 6) is 0.902. The molecule has 0 spiro atoms. The van der Waals surface area contributed by atoms with Crippen LogP contribution in [0.2, 0.25) is 18.1 Å². The van der Waals surface area contributed by atoms with Gasteiger partial charge in [-0.3, -0.25) is 0 Å². The minimum atomic E-state index is -1.36. The van der Waals surface area contributed by atoms with Crippen molar-refractivity contribution in [3.8, 4) is 0 Å². The Morgan fingerprint density at radius 3 is 2.00 bits per heavy atom. The monoisotopic (exact) mass is 234 g/mol. The summed E-state index contributed by atoms with van der Waals surface area (Å²) in [4.78, 5) is 0. The topological polar surface area (TPSA) is 0 Å². The normalized spacial score (nSPS) is 14.4. The Morgan fingerprint density at radius 2 is 1.64 bits per heavy atom. The van der Waals surface area contributed by atoms with Crippen LogP contribution in [0.1, 0.15) is 53.4 Å². The number of halogens is 1. The number of rotatable bonds is 8. The van der Waals surface area contributed by atoms with Gasteiger partial charge in [0.05, 0.1) is 0 Å². The maximum Gasteiger partial charge on any atom is 0.156 e. The molecule has 0 rings (SSSR count). The van der Waals surface area contributed by atoms with E-state index in [0.29, 0.717) is 0 Å². The molecule has 1 unspecified atom stereocenters. The largest absolute Gasteiger partial charge is 0.167 e. The van der Waals surface area contributed by atoms with Crippen molar-refractivity contribution >= 4 is 18.5 Å². The second-order valence-electron chi connectivity index (χ2n) is 4.48. The van der Waals surface area contributed by atoms with Crippen molar-refractivity contribution in [2.24, 2.45) is 5.92 Å². The molecule has 0 amide bonds. The first-order chi connectivity index (χ1) is 6.61. The molecule has 0 aliphatic rings. The van der Waals surface area contributed by atoms with Crippen LogP contribution in [0.3, 0.4) is 0 Å². The second kappa shape index (κ2) is 7.75. The van der Waals surface area contributed by atoms with Gasteiger partial charge in [-0.2, -0.15) is 11.1 Å². The van der Waals surface area contributed by atoms with Gasteiger partial charge in [-0.1, -0.05) is 53.4 Å². The minimum absolute atomic E-state index is 0.902. The van der Waals surface area contributed by atoms with Crippen molar-refractivity contribution in [1.82, 2.24) is 0 Å². The van der Waals surface area contributed by atoms with Crippen molar-refractivity contribution in [3.05, 3.63) is 0 Å². The van der Waals surface area contributed by atoms with Crippen molar-refractivity contribution in [1.29, 1.82) is 0 Å². The predicted octanol–water partition coefficient (Wildman–Crippen LogP) is 5.43. The summed E-state index contributed by atoms with van der Waals surface area (Å²) in [5, 5.41) is 0. The maximum absolute atomic E-state index is 6.70. The molecule has 86 valence electrons. The highest BCUT2D eigenvalue weighted by molar-refractivity contribution is 7.20. The molecule has 1 atom stereocenters. The van der Waals surface area contributed by atoms with Gasteiger partial charge in [0.2, 0.25) is 0 Å². The van der Waals surface area contributed by atoms with Crippen molar-refractivity contribution in [2.75, 3.05) is 0 Å². The SMILES string of the molecule is CCCCC(CC)C[Si](Cl)(CC)CC. The van der Waals surface area contributed by atoms with Gasteiger partial charge in [0, 0.05) is 0 Å². The fourth-order valence-corrected chi connectivity index (χ4v) is 5.26. The molecule has 0 aliphatic carbocycles. The van der Waals surface area contributed by atoms with Crippen LogP contribution in [0.4, 0.5) is 0 Å². The Balaban J connectivity index is 4.00. The molecule has 0 fully saturated rings. The van der Waals surface area contributed by atoms with E-state index in [0.717, 1.165) is 5.92 Å². The molecule has 0 N–H and O–H groups in total. The van der Waals surface area contributed by atoms with Crippen LogP contribution in [0.25, 0.3) is 0 Å². The van der Waals surface area contributed by atoms with E-state index in [1.807, 2.05) is 0 Å². The fraction of sp³-hybridized carbons (Fsp3) is 1.00. The third-order valence-corrected chi connectivity index (χ3v) is 9.38. The van der Waals surface area contributed by atoms with E-state index < -0.39 is 7.38 Å². The molecule has 14 heavy (non-hydrogen) atoms. The second-order valence-corrected chi connectivity index (χ2v) is 11.0. The van der Waals surface area contributed by atoms with Crippen molar-refractivity contribution in [3.63, 3.8) is 0 Å². The first-order valence-corrected chi connectivity index (χ1v) is 9.94. The third-order valence-electron chi connectivity index (χ3n) is 3.47. The van der Waals surface area contributed by atoms with Gasteiger partial charge in [0.1, 0.15) is 0 Å². The minimum Gasteiger partial charge on any atom is -0.167 e. The quantitative estimate of drug-likeness (QED) is 0.388. The highest BCUT2D eigenvalue weighted by atomic mass is 35.6. The molecule has 0 heterocycles. The van der Waals surface area contributed by atoms with Gasteiger partial charge in [0.15, 0.2) is 7.38 Å². The summed E-state index contributed by atoms with van der Waals surface area (Å²) in [7, 11) is -1.36. The Labute approximate surface area is 96.1 Å². The van der Waals surface area contributed by atoms with Crippen LogP contribution >= 0.6 is 11.1 Å². The zero-order chi connectivity index (χ0) is 11.0. The van der Waals surface area contributed by atoms with Gasteiger partial charge in [-0.25, -0.2) is 0 Å². The van der Waals surface area contributed by atoms with Gasteiger partial charge >= 0.3 is 0 Å². The summed E-state index contributed by atoms with van der Waals surface area (Å²) in [6.45, 7) is 9.14. The smallest absolute Gasteiger partial charge is 0.156 e. The molecule has 0 saturated carbocycles. The molecule has 0 aliphatic heterocycles. The molecule has 0 aromatic rings. The van der Waals surface area contributed by atoms with E-state index in [9.17, 15) is 0 Å². The maximum atomic E-state index is 6.70. The van der Waals surface area contributed by atoms with Gasteiger partial charge < -0.3 is 0 Å². The Hall–Kier alpha value is 0.507. The lowest BCUT2D eigenvalue weighted by Gasteiger charge is -2.26. The number of hydrogen-bond acceptors (Lipinski definition) is 0. The van der Waals surface area contributed by atoms with Crippen molar-refractivity contribution in [2.45, 2.75) is 71.5 Å². The average Bonchev–Trinajstić information content (AvgIpc) is 2.23.